The lowest BCUT2D eigenvalue weighted by Crippen LogP contribution is -2.30. The fourth-order valence-electron chi connectivity index (χ4n) is 20.8. The zero-order valence-corrected chi connectivity index (χ0v) is 59.2. The van der Waals surface area contributed by atoms with E-state index < -0.39 is 0 Å². The Balaban J connectivity index is 0.000000145. The Morgan fingerprint density at radius 1 is 0.298 bits per heavy atom. The molecule has 0 saturated heterocycles. The Labute approximate surface area is 527 Å². The molecule has 3 unspecified atom stereocenters. The minimum Gasteiger partial charge on any atom is -0.0880 e. The van der Waals surface area contributed by atoms with Gasteiger partial charge in [0.25, 0.3) is 0 Å². The molecule has 8 fully saturated rings. The van der Waals surface area contributed by atoms with Crippen LogP contribution < -0.4 is 0 Å². The van der Waals surface area contributed by atoms with Crippen LogP contribution in [0.25, 0.3) is 0 Å². The maximum atomic E-state index is 2.56. The van der Waals surface area contributed by atoms with Crippen molar-refractivity contribution in [2.45, 2.75) is 398 Å². The molecule has 0 heteroatoms. The second-order valence-corrected chi connectivity index (χ2v) is 35.2. The molecular formula is C84H148. The molecule has 0 aromatic carbocycles. The van der Waals surface area contributed by atoms with Gasteiger partial charge in [-0.05, 0) is 278 Å². The third-order valence-electron chi connectivity index (χ3n) is 27.2. The van der Waals surface area contributed by atoms with E-state index in [2.05, 4.69) is 113 Å². The first-order valence-electron chi connectivity index (χ1n) is 39.1. The summed E-state index contributed by atoms with van der Waals surface area (Å²) in [6, 6.07) is 0. The van der Waals surface area contributed by atoms with Gasteiger partial charge in [0.05, 0.1) is 0 Å². The molecule has 0 N–H and O–H groups in total. The SMILES string of the molecule is CC(C)C1=CCC2(CCCC2)CC1.CC(C)C1=CCCC2(CCCCC2)C1.CC(C)C1=CCCC2(CCCCCC2)C1.CC(C)C1CCC2(CCCC2)CC1.CC(C)C1CCCC2(C=CCCC2)C1.CC(C)C1CCCC2(CCCCCC2)C1. The number of hydrogen-bond acceptors (Lipinski definition) is 0. The predicted octanol–water partition coefficient (Wildman–Crippen LogP) is 28.2. The van der Waals surface area contributed by atoms with E-state index >= 15 is 0 Å². The monoisotopic (exact) mass is 1160 g/mol. The van der Waals surface area contributed by atoms with Crippen molar-refractivity contribution >= 4 is 0 Å². The lowest BCUT2D eigenvalue weighted by atomic mass is 9.63. The summed E-state index contributed by atoms with van der Waals surface area (Å²) in [5.41, 5.74) is 9.72. The van der Waals surface area contributed by atoms with Gasteiger partial charge in [0.1, 0.15) is 0 Å². The summed E-state index contributed by atoms with van der Waals surface area (Å²) in [5, 5.41) is 0. The number of allylic oxidation sites excluding steroid dienone is 8. The fourth-order valence-corrected chi connectivity index (χ4v) is 20.8. The maximum absolute atomic E-state index is 2.56. The molecule has 0 amide bonds. The molecule has 0 bridgehead atoms. The van der Waals surface area contributed by atoms with Gasteiger partial charge in [0.2, 0.25) is 0 Å². The zero-order valence-electron chi connectivity index (χ0n) is 59.2. The molecule has 484 valence electrons. The molecular weight excluding hydrogens is 1010 g/mol. The van der Waals surface area contributed by atoms with Gasteiger partial charge in [-0.2, -0.15) is 0 Å². The molecule has 8 saturated carbocycles. The first-order valence-corrected chi connectivity index (χ1v) is 39.1. The van der Waals surface area contributed by atoms with E-state index in [9.17, 15) is 0 Å². The summed E-state index contributed by atoms with van der Waals surface area (Å²) in [7, 11) is 0. The van der Waals surface area contributed by atoms with Gasteiger partial charge in [-0.3, -0.25) is 0 Å². The molecule has 12 aliphatic carbocycles. The normalized spacial score (nSPS) is 29.8. The Morgan fingerprint density at radius 3 is 1.12 bits per heavy atom. The van der Waals surface area contributed by atoms with Crippen molar-refractivity contribution in [1.82, 2.24) is 0 Å². The first-order chi connectivity index (χ1) is 40.3. The van der Waals surface area contributed by atoms with Gasteiger partial charge < -0.3 is 0 Å². The van der Waals surface area contributed by atoms with E-state index in [1.54, 1.807) is 68.1 Å². The minimum absolute atomic E-state index is 0.630. The molecule has 12 aliphatic rings. The average molecular weight is 1160 g/mol. The molecule has 0 aromatic heterocycles. The largest absolute Gasteiger partial charge is 0.0880 e. The predicted molar refractivity (Wildman–Crippen MR) is 374 cm³/mol. The quantitative estimate of drug-likeness (QED) is 0.233. The Hall–Kier alpha value is -1.04. The molecule has 6 spiro atoms. The number of hydrogen-bond donors (Lipinski definition) is 0. The second-order valence-electron chi connectivity index (χ2n) is 35.2. The van der Waals surface area contributed by atoms with Crippen LogP contribution in [0.5, 0.6) is 0 Å². The van der Waals surface area contributed by atoms with Gasteiger partial charge in [0, 0.05) is 0 Å². The Kier molecular flexibility index (Phi) is 28.8. The summed E-state index contributed by atoms with van der Waals surface area (Å²) in [4.78, 5) is 0. The Morgan fingerprint density at radius 2 is 0.690 bits per heavy atom. The van der Waals surface area contributed by atoms with Crippen LogP contribution in [0.4, 0.5) is 0 Å². The van der Waals surface area contributed by atoms with E-state index in [4.69, 9.17) is 0 Å². The minimum atomic E-state index is 0.630. The fraction of sp³-hybridized carbons (Fsp3) is 0.905. The van der Waals surface area contributed by atoms with Crippen LogP contribution in [-0.4, -0.2) is 0 Å². The van der Waals surface area contributed by atoms with E-state index in [1.165, 1.54) is 263 Å². The van der Waals surface area contributed by atoms with Crippen molar-refractivity contribution in [2.75, 3.05) is 0 Å². The average Bonchev–Trinajstić information content (AvgIpc) is 4.18. The lowest BCUT2D eigenvalue weighted by molar-refractivity contribution is 0.0938. The molecule has 0 heterocycles. The van der Waals surface area contributed by atoms with E-state index in [0.717, 1.165) is 80.3 Å². The summed E-state index contributed by atoms with van der Waals surface area (Å²) < 4.78 is 0. The summed E-state index contributed by atoms with van der Waals surface area (Å²) in [5.74, 6) is 8.18. The van der Waals surface area contributed by atoms with Crippen molar-refractivity contribution in [1.29, 1.82) is 0 Å². The summed E-state index contributed by atoms with van der Waals surface area (Å²) in [6.45, 7) is 28.6. The first kappa shape index (κ1) is 70.4. The van der Waals surface area contributed by atoms with Gasteiger partial charge >= 0.3 is 0 Å². The van der Waals surface area contributed by atoms with Crippen molar-refractivity contribution < 1.29 is 0 Å². The topological polar surface area (TPSA) is 0 Å². The van der Waals surface area contributed by atoms with E-state index in [0.29, 0.717) is 5.41 Å². The summed E-state index contributed by atoms with van der Waals surface area (Å²) in [6.07, 6.45) is 85.5. The van der Waals surface area contributed by atoms with Gasteiger partial charge in [-0.25, -0.2) is 0 Å². The molecule has 3 atom stereocenters. The highest BCUT2D eigenvalue weighted by Gasteiger charge is 2.41. The number of rotatable bonds is 6. The third kappa shape index (κ3) is 21.6. The van der Waals surface area contributed by atoms with Gasteiger partial charge in [0.15, 0.2) is 0 Å². The van der Waals surface area contributed by atoms with Crippen LogP contribution in [-0.2, 0) is 0 Å². The second kappa shape index (κ2) is 34.4. The third-order valence-corrected chi connectivity index (χ3v) is 27.2. The standard InChI is InChI=1S/C15H28.C15H26.2C14H24.C13H24.C13H22/c2*1-13(2)14-8-7-11-15(12-14)9-5-3-4-6-10-15;2*1-12(2)13-7-6-10-14(11-13)8-4-3-5-9-14;2*1-11(2)12-5-9-13(10-6-12)7-3-4-8-13/h13-14H,3-12H2,1-2H3;8,13H,3-7,9-12H2,1-2H3;7,12H,3-6,8-11H2,1-2H3;4,8,12-13H,3,5-7,9-11H2,1-2H3;11-12H,3-10H2,1-2H3;5,11H,3-4,6-10H2,1-2H3. The Bertz CT molecular complexity index is 1930. The van der Waals surface area contributed by atoms with Crippen molar-refractivity contribution in [3.8, 4) is 0 Å². The highest BCUT2D eigenvalue weighted by molar-refractivity contribution is 5.15. The molecule has 12 rings (SSSR count). The summed E-state index contributed by atoms with van der Waals surface area (Å²) >= 11 is 0. The van der Waals surface area contributed by atoms with Crippen LogP contribution in [0.3, 0.4) is 0 Å². The van der Waals surface area contributed by atoms with Gasteiger partial charge in [-0.15, -0.1) is 0 Å². The molecule has 0 aliphatic heterocycles. The van der Waals surface area contributed by atoms with Gasteiger partial charge in [-0.1, -0.05) is 252 Å². The molecule has 0 nitrogen and oxygen atoms in total. The van der Waals surface area contributed by atoms with Crippen LogP contribution in [0.15, 0.2) is 47.1 Å². The maximum Gasteiger partial charge on any atom is -0.0115 e. The van der Waals surface area contributed by atoms with Crippen LogP contribution in [0.2, 0.25) is 0 Å². The highest BCUT2D eigenvalue weighted by atomic mass is 14.5. The van der Waals surface area contributed by atoms with Crippen molar-refractivity contribution in [3.05, 3.63) is 47.1 Å². The van der Waals surface area contributed by atoms with Crippen LogP contribution in [0.1, 0.15) is 398 Å². The van der Waals surface area contributed by atoms with Crippen LogP contribution >= 0.6 is 0 Å². The van der Waals surface area contributed by atoms with Crippen molar-refractivity contribution in [2.24, 2.45) is 85.8 Å². The van der Waals surface area contributed by atoms with Crippen molar-refractivity contribution in [3.63, 3.8) is 0 Å². The zero-order chi connectivity index (χ0) is 60.1. The molecule has 0 aromatic rings. The van der Waals surface area contributed by atoms with E-state index in [1.807, 2.05) is 0 Å². The highest BCUT2D eigenvalue weighted by Crippen LogP contribution is 2.55. The van der Waals surface area contributed by atoms with Crippen LogP contribution in [0, 0.1) is 85.8 Å². The molecule has 0 radical (unpaired) electrons. The smallest absolute Gasteiger partial charge is 0.0115 e. The molecule has 84 heavy (non-hydrogen) atoms. The van der Waals surface area contributed by atoms with E-state index in [-0.39, 0.29) is 0 Å². The lowest BCUT2D eigenvalue weighted by Gasteiger charge is -2.42.